The minimum absolute atomic E-state index is 0.0579. The normalized spacial score (nSPS) is 29.0. The average molecular weight is 432 g/mol. The zero-order valence-corrected chi connectivity index (χ0v) is 17.2. The molecule has 0 spiro atoms. The number of benzene rings is 1. The van der Waals surface area contributed by atoms with Gasteiger partial charge >= 0.3 is 0 Å². The summed E-state index contributed by atoms with van der Waals surface area (Å²) < 4.78 is 28.9. The number of nitrogens with zero attached hydrogens (tertiary/aromatic N) is 2. The number of imide groups is 1. The molecule has 166 valence electrons. The maximum Gasteiger partial charge on any atom is 0.276 e. The Kier molecular flexibility index (Phi) is 5.05. The monoisotopic (exact) mass is 432 g/mol. The summed E-state index contributed by atoms with van der Waals surface area (Å²) in [6, 6.07) is 4.03. The van der Waals surface area contributed by atoms with Crippen molar-refractivity contribution >= 4 is 17.7 Å². The van der Waals surface area contributed by atoms with Crippen LogP contribution in [0, 0.1) is 5.92 Å². The molecule has 7 nitrogen and oxygen atoms in total. The summed E-state index contributed by atoms with van der Waals surface area (Å²) in [6.07, 6.45) is 1.96. The zero-order valence-electron chi connectivity index (χ0n) is 17.2. The lowest BCUT2D eigenvalue weighted by Crippen LogP contribution is -2.68. The molecule has 1 aromatic rings. The zero-order chi connectivity index (χ0) is 21.8. The molecule has 0 saturated carbocycles. The van der Waals surface area contributed by atoms with E-state index in [0.717, 1.165) is 37.1 Å². The smallest absolute Gasteiger partial charge is 0.276 e. The van der Waals surface area contributed by atoms with Crippen LogP contribution in [0.4, 0.5) is 8.78 Å². The third-order valence-corrected chi connectivity index (χ3v) is 7.08. The largest absolute Gasteiger partial charge is 0.322 e. The Morgan fingerprint density at radius 3 is 2.58 bits per heavy atom. The Balaban J connectivity index is 1.35. The number of halogens is 2. The lowest BCUT2D eigenvalue weighted by molar-refractivity contribution is -0.208. The van der Waals surface area contributed by atoms with Crippen molar-refractivity contribution < 1.29 is 23.2 Å². The first-order valence-electron chi connectivity index (χ1n) is 10.9. The highest BCUT2D eigenvalue weighted by molar-refractivity contribution is 6.06. The second-order valence-electron chi connectivity index (χ2n) is 9.05. The number of hydrogen-bond donors (Lipinski definition) is 2. The van der Waals surface area contributed by atoms with Crippen molar-refractivity contribution in [2.45, 2.75) is 56.8 Å². The van der Waals surface area contributed by atoms with Gasteiger partial charge in [0.1, 0.15) is 6.04 Å². The van der Waals surface area contributed by atoms with Crippen LogP contribution in [0.2, 0.25) is 0 Å². The van der Waals surface area contributed by atoms with E-state index in [1.165, 1.54) is 4.90 Å². The van der Waals surface area contributed by atoms with Crippen LogP contribution >= 0.6 is 0 Å². The van der Waals surface area contributed by atoms with Gasteiger partial charge in [0.25, 0.3) is 11.8 Å². The molecule has 31 heavy (non-hydrogen) atoms. The minimum Gasteiger partial charge on any atom is -0.322 e. The molecule has 2 atom stereocenters. The van der Waals surface area contributed by atoms with E-state index in [4.69, 9.17) is 0 Å². The van der Waals surface area contributed by atoms with Crippen molar-refractivity contribution in [3.05, 3.63) is 34.9 Å². The van der Waals surface area contributed by atoms with E-state index in [2.05, 4.69) is 10.6 Å². The number of hydrogen-bond acceptors (Lipinski definition) is 5. The van der Waals surface area contributed by atoms with Crippen molar-refractivity contribution in [1.82, 2.24) is 20.4 Å². The lowest BCUT2D eigenvalue weighted by Gasteiger charge is -2.52. The van der Waals surface area contributed by atoms with Gasteiger partial charge in [-0.2, -0.15) is 0 Å². The number of carbonyl (C=O) groups is 3. The lowest BCUT2D eigenvalue weighted by atomic mass is 9.80. The molecule has 4 aliphatic rings. The number of likely N-dealkylation sites (tertiary alicyclic amines) is 1. The Morgan fingerprint density at radius 1 is 1.10 bits per heavy atom. The minimum atomic E-state index is -2.71. The second kappa shape index (κ2) is 7.63. The Labute approximate surface area is 179 Å². The highest BCUT2D eigenvalue weighted by Crippen LogP contribution is 2.43. The number of carbonyl (C=O) groups excluding carboxylic acids is 3. The Bertz CT molecular complexity index is 931. The van der Waals surface area contributed by atoms with E-state index in [-0.39, 0.29) is 30.7 Å². The van der Waals surface area contributed by atoms with Gasteiger partial charge in [0.2, 0.25) is 11.8 Å². The van der Waals surface area contributed by atoms with Crippen LogP contribution in [-0.4, -0.2) is 65.2 Å². The summed E-state index contributed by atoms with van der Waals surface area (Å²) in [6.45, 7) is 1.80. The molecule has 0 aromatic heterocycles. The number of alkyl halides is 2. The van der Waals surface area contributed by atoms with Crippen LogP contribution in [0.1, 0.15) is 47.2 Å². The Morgan fingerprint density at radius 2 is 1.87 bits per heavy atom. The molecule has 0 aliphatic carbocycles. The maximum atomic E-state index is 14.5. The molecule has 3 amide bonds. The summed E-state index contributed by atoms with van der Waals surface area (Å²) in [7, 11) is 0. The standard InChI is InChI=1S/C22H26F2N4O3/c23-22(24)12-27(19(22)13-6-8-25-9-7-13)10-14-2-1-3-15-11-28(21(31)18(14)15)16-4-5-17(29)26-20(16)30/h1-3,13,16,19,25H,4-12H2,(H,26,29,30). The molecule has 9 heteroatoms. The molecule has 0 bridgehead atoms. The third-order valence-electron chi connectivity index (χ3n) is 7.08. The van der Waals surface area contributed by atoms with Gasteiger partial charge < -0.3 is 10.2 Å². The first kappa shape index (κ1) is 20.5. The van der Waals surface area contributed by atoms with Crippen LogP contribution in [0.15, 0.2) is 18.2 Å². The number of amides is 3. The van der Waals surface area contributed by atoms with Gasteiger partial charge in [0.15, 0.2) is 0 Å². The van der Waals surface area contributed by atoms with Gasteiger partial charge in [-0.3, -0.25) is 24.6 Å². The summed E-state index contributed by atoms with van der Waals surface area (Å²) in [5.41, 5.74) is 2.05. The van der Waals surface area contributed by atoms with E-state index < -0.39 is 23.9 Å². The van der Waals surface area contributed by atoms with Crippen LogP contribution < -0.4 is 10.6 Å². The number of piperidine rings is 2. The van der Waals surface area contributed by atoms with Gasteiger partial charge in [-0.05, 0) is 49.4 Å². The fourth-order valence-corrected chi connectivity index (χ4v) is 5.62. The van der Waals surface area contributed by atoms with E-state index in [9.17, 15) is 23.2 Å². The van der Waals surface area contributed by atoms with Gasteiger partial charge in [-0.15, -0.1) is 0 Å². The van der Waals surface area contributed by atoms with E-state index >= 15 is 0 Å². The van der Waals surface area contributed by atoms with Gasteiger partial charge in [0.05, 0.1) is 12.6 Å². The van der Waals surface area contributed by atoms with Gasteiger partial charge in [-0.25, -0.2) is 8.78 Å². The quantitative estimate of drug-likeness (QED) is 0.701. The number of rotatable bonds is 4. The predicted octanol–water partition coefficient (Wildman–Crippen LogP) is 1.27. The van der Waals surface area contributed by atoms with Crippen LogP contribution in [-0.2, 0) is 22.7 Å². The number of nitrogens with one attached hydrogen (secondary N) is 2. The first-order chi connectivity index (χ1) is 14.8. The van der Waals surface area contributed by atoms with E-state index in [0.29, 0.717) is 25.1 Å². The molecule has 0 radical (unpaired) electrons. The van der Waals surface area contributed by atoms with Crippen molar-refractivity contribution in [3.8, 4) is 0 Å². The predicted molar refractivity (Wildman–Crippen MR) is 107 cm³/mol. The molecule has 2 unspecified atom stereocenters. The molecule has 4 heterocycles. The fraction of sp³-hybridized carbons (Fsp3) is 0.591. The van der Waals surface area contributed by atoms with Crippen LogP contribution in [0.5, 0.6) is 0 Å². The highest BCUT2D eigenvalue weighted by atomic mass is 19.3. The topological polar surface area (TPSA) is 81.8 Å². The molecular weight excluding hydrogens is 406 g/mol. The van der Waals surface area contributed by atoms with Crippen LogP contribution in [0.25, 0.3) is 0 Å². The molecule has 3 fully saturated rings. The summed E-state index contributed by atoms with van der Waals surface area (Å²) in [5.74, 6) is -3.80. The molecule has 5 rings (SSSR count). The third kappa shape index (κ3) is 3.53. The number of fused-ring (bicyclic) bond motifs is 1. The molecule has 3 saturated heterocycles. The van der Waals surface area contributed by atoms with Crippen molar-refractivity contribution in [2.24, 2.45) is 5.92 Å². The molecule has 1 aromatic carbocycles. The van der Waals surface area contributed by atoms with Gasteiger partial charge in [0, 0.05) is 25.1 Å². The summed E-state index contributed by atoms with van der Waals surface area (Å²) in [4.78, 5) is 40.3. The molecular formula is C22H26F2N4O3. The van der Waals surface area contributed by atoms with Crippen molar-refractivity contribution in [1.29, 1.82) is 0 Å². The Hall–Kier alpha value is -2.39. The summed E-state index contributed by atoms with van der Waals surface area (Å²) in [5, 5.41) is 5.53. The SMILES string of the molecule is O=C1CCC(N2Cc3cccc(CN4CC(F)(F)C4C4CCNCC4)c3C2=O)C(=O)N1. The maximum absolute atomic E-state index is 14.5. The molecule has 4 aliphatic heterocycles. The van der Waals surface area contributed by atoms with Gasteiger partial charge in [-0.1, -0.05) is 18.2 Å². The van der Waals surface area contributed by atoms with Crippen LogP contribution in [0.3, 0.4) is 0 Å². The highest BCUT2D eigenvalue weighted by Gasteiger charge is 2.57. The van der Waals surface area contributed by atoms with Crippen molar-refractivity contribution in [2.75, 3.05) is 19.6 Å². The first-order valence-corrected chi connectivity index (χ1v) is 10.9. The molecule has 2 N–H and O–H groups in total. The fourth-order valence-electron chi connectivity index (χ4n) is 5.62. The van der Waals surface area contributed by atoms with Crippen molar-refractivity contribution in [3.63, 3.8) is 0 Å². The van der Waals surface area contributed by atoms with E-state index in [1.807, 2.05) is 18.2 Å². The average Bonchev–Trinajstić information content (AvgIpc) is 3.05. The summed E-state index contributed by atoms with van der Waals surface area (Å²) >= 11 is 0. The van der Waals surface area contributed by atoms with E-state index in [1.54, 1.807) is 4.90 Å². The second-order valence-corrected chi connectivity index (χ2v) is 9.05.